The predicted octanol–water partition coefficient (Wildman–Crippen LogP) is 0.653. The third-order valence-corrected chi connectivity index (χ3v) is 1.10. The first-order chi connectivity index (χ1) is 5.53. The van der Waals surface area contributed by atoms with Gasteiger partial charge in [0.25, 0.3) is 0 Å². The molecule has 0 saturated carbocycles. The van der Waals surface area contributed by atoms with Crippen LogP contribution in [0.5, 0.6) is 0 Å². The molecular formula is C5H4F3N3O. The predicted molar refractivity (Wildman–Crippen MR) is 31.5 cm³/mol. The molecule has 0 spiro atoms. The van der Waals surface area contributed by atoms with Crippen LogP contribution >= 0.6 is 0 Å². The number of carbonyl (C=O) groups excluding carboxylic acids is 1. The number of rotatable bonds is 2. The zero-order valence-corrected chi connectivity index (χ0v) is 5.75. The van der Waals surface area contributed by atoms with Crippen molar-refractivity contribution in [2.45, 2.75) is 12.7 Å². The summed E-state index contributed by atoms with van der Waals surface area (Å²) in [5.41, 5.74) is 0. The van der Waals surface area contributed by atoms with Gasteiger partial charge >= 0.3 is 6.18 Å². The van der Waals surface area contributed by atoms with E-state index in [9.17, 15) is 18.0 Å². The van der Waals surface area contributed by atoms with Gasteiger partial charge in [-0.1, -0.05) is 0 Å². The van der Waals surface area contributed by atoms with E-state index in [1.165, 1.54) is 0 Å². The number of nitrogens with zero attached hydrogens (tertiary/aromatic N) is 3. The minimum Gasteiger partial charge on any atom is -0.302 e. The summed E-state index contributed by atoms with van der Waals surface area (Å²) in [6.07, 6.45) is -3.28. The molecule has 0 unspecified atom stereocenters. The molecule has 1 aromatic rings. The molecule has 0 atom stereocenters. The molecule has 1 aromatic heterocycles. The normalized spacial score (nSPS) is 11.6. The van der Waals surface area contributed by atoms with Crippen LogP contribution in [0, 0.1) is 0 Å². The van der Waals surface area contributed by atoms with Crippen LogP contribution in [0.15, 0.2) is 6.33 Å². The fourth-order valence-corrected chi connectivity index (χ4v) is 0.670. The maximum Gasteiger partial charge on any atom is 0.406 e. The molecule has 12 heavy (non-hydrogen) atoms. The van der Waals surface area contributed by atoms with Crippen molar-refractivity contribution in [2.75, 3.05) is 0 Å². The van der Waals surface area contributed by atoms with Crippen LogP contribution in [0.3, 0.4) is 0 Å². The van der Waals surface area contributed by atoms with E-state index in [-0.39, 0.29) is 12.1 Å². The van der Waals surface area contributed by atoms with E-state index < -0.39 is 12.7 Å². The summed E-state index contributed by atoms with van der Waals surface area (Å²) in [5.74, 6) is -0.327. The van der Waals surface area contributed by atoms with Crippen LogP contribution in [-0.4, -0.2) is 27.2 Å². The Labute approximate surface area is 65.0 Å². The van der Waals surface area contributed by atoms with Gasteiger partial charge in [-0.25, -0.2) is 0 Å². The number of carbonyl (C=O) groups is 1. The third-order valence-electron chi connectivity index (χ3n) is 1.10. The molecule has 0 radical (unpaired) electrons. The summed E-state index contributed by atoms with van der Waals surface area (Å²) in [6, 6.07) is 0. The summed E-state index contributed by atoms with van der Waals surface area (Å²) in [5, 5.41) is 6.32. The highest BCUT2D eigenvalue weighted by atomic mass is 19.4. The average Bonchev–Trinajstić information content (AvgIpc) is 2.31. The maximum atomic E-state index is 11.7. The Balaban J connectivity index is 2.81. The number of hydrogen-bond donors (Lipinski definition) is 0. The molecule has 0 saturated heterocycles. The summed E-state index contributed by atoms with van der Waals surface area (Å²) >= 11 is 0. The lowest BCUT2D eigenvalue weighted by molar-refractivity contribution is -0.140. The van der Waals surface area contributed by atoms with Crippen molar-refractivity contribution in [2.24, 2.45) is 0 Å². The highest BCUT2D eigenvalue weighted by Crippen LogP contribution is 2.17. The van der Waals surface area contributed by atoms with E-state index in [4.69, 9.17) is 0 Å². The second-order valence-electron chi connectivity index (χ2n) is 2.05. The largest absolute Gasteiger partial charge is 0.406 e. The first-order valence-corrected chi connectivity index (χ1v) is 2.92. The molecular weight excluding hydrogens is 175 g/mol. The van der Waals surface area contributed by atoms with Gasteiger partial charge in [-0.3, -0.25) is 4.79 Å². The van der Waals surface area contributed by atoms with Crippen LogP contribution in [0.1, 0.15) is 10.6 Å². The van der Waals surface area contributed by atoms with Crippen molar-refractivity contribution in [1.82, 2.24) is 14.8 Å². The molecule has 1 heterocycles. The summed E-state index contributed by atoms with van der Waals surface area (Å²) in [4.78, 5) is 10.1. The Morgan fingerprint density at radius 1 is 1.58 bits per heavy atom. The Morgan fingerprint density at radius 2 is 2.25 bits per heavy atom. The molecule has 0 amide bonds. The first kappa shape index (κ1) is 8.69. The van der Waals surface area contributed by atoms with Gasteiger partial charge < -0.3 is 4.57 Å². The minimum absolute atomic E-state index is 0.221. The lowest BCUT2D eigenvalue weighted by atomic mass is 10.5. The Hall–Kier alpha value is -1.40. The van der Waals surface area contributed by atoms with Crippen LogP contribution in [-0.2, 0) is 6.54 Å². The van der Waals surface area contributed by atoms with Gasteiger partial charge in [0.15, 0.2) is 12.1 Å². The Kier molecular flexibility index (Phi) is 2.11. The second kappa shape index (κ2) is 2.92. The van der Waals surface area contributed by atoms with Crippen molar-refractivity contribution in [3.8, 4) is 0 Å². The minimum atomic E-state index is -4.36. The average molecular weight is 179 g/mol. The Bertz CT molecular complexity index is 280. The molecule has 7 heteroatoms. The van der Waals surface area contributed by atoms with Crippen molar-refractivity contribution in [3.05, 3.63) is 12.2 Å². The molecule has 0 aliphatic rings. The Morgan fingerprint density at radius 3 is 2.75 bits per heavy atom. The monoisotopic (exact) mass is 179 g/mol. The SMILES string of the molecule is O=Cc1nncn1CC(F)(F)F. The third kappa shape index (κ3) is 2.04. The van der Waals surface area contributed by atoms with Gasteiger partial charge in [-0.05, 0) is 0 Å². The van der Waals surface area contributed by atoms with Gasteiger partial charge in [0, 0.05) is 0 Å². The molecule has 0 aliphatic carbocycles. The van der Waals surface area contributed by atoms with E-state index >= 15 is 0 Å². The first-order valence-electron chi connectivity index (χ1n) is 2.92. The number of aromatic nitrogens is 3. The van der Waals surface area contributed by atoms with Crippen molar-refractivity contribution in [1.29, 1.82) is 0 Å². The lowest BCUT2D eigenvalue weighted by Gasteiger charge is -2.06. The standard InChI is InChI=1S/C5H4F3N3O/c6-5(7,8)2-11-3-9-10-4(11)1-12/h1,3H,2H2. The zero-order chi connectivity index (χ0) is 9.19. The molecule has 0 fully saturated rings. The molecule has 0 aliphatic heterocycles. The topological polar surface area (TPSA) is 47.8 Å². The van der Waals surface area contributed by atoms with Crippen LogP contribution in [0.2, 0.25) is 0 Å². The smallest absolute Gasteiger partial charge is 0.302 e. The fourth-order valence-electron chi connectivity index (χ4n) is 0.670. The molecule has 0 bridgehead atoms. The molecule has 0 aromatic carbocycles. The summed E-state index contributed by atoms with van der Waals surface area (Å²) < 4.78 is 35.9. The fraction of sp³-hybridized carbons (Fsp3) is 0.400. The van der Waals surface area contributed by atoms with Gasteiger partial charge in [0.1, 0.15) is 12.9 Å². The highest BCUT2D eigenvalue weighted by molar-refractivity contribution is 5.68. The number of hydrogen-bond acceptors (Lipinski definition) is 3. The second-order valence-corrected chi connectivity index (χ2v) is 2.05. The molecule has 66 valence electrons. The van der Waals surface area contributed by atoms with E-state index in [1.807, 2.05) is 0 Å². The lowest BCUT2D eigenvalue weighted by Crippen LogP contribution is -2.18. The van der Waals surface area contributed by atoms with Crippen molar-refractivity contribution >= 4 is 6.29 Å². The van der Waals surface area contributed by atoms with Gasteiger partial charge in [0.05, 0.1) is 0 Å². The van der Waals surface area contributed by atoms with Gasteiger partial charge in [-0.15, -0.1) is 10.2 Å². The van der Waals surface area contributed by atoms with E-state index in [1.54, 1.807) is 0 Å². The van der Waals surface area contributed by atoms with E-state index in [0.717, 1.165) is 6.33 Å². The van der Waals surface area contributed by atoms with E-state index in [0.29, 0.717) is 4.57 Å². The van der Waals surface area contributed by atoms with Crippen molar-refractivity contribution < 1.29 is 18.0 Å². The molecule has 0 N–H and O–H groups in total. The van der Waals surface area contributed by atoms with Crippen LogP contribution in [0.25, 0.3) is 0 Å². The van der Waals surface area contributed by atoms with Gasteiger partial charge in [-0.2, -0.15) is 13.2 Å². The van der Waals surface area contributed by atoms with E-state index in [2.05, 4.69) is 10.2 Å². The van der Waals surface area contributed by atoms with Crippen LogP contribution < -0.4 is 0 Å². The van der Waals surface area contributed by atoms with Gasteiger partial charge in [0.2, 0.25) is 0 Å². The van der Waals surface area contributed by atoms with Crippen LogP contribution in [0.4, 0.5) is 13.2 Å². The quantitative estimate of drug-likeness (QED) is 0.626. The van der Waals surface area contributed by atoms with Crippen molar-refractivity contribution in [3.63, 3.8) is 0 Å². The zero-order valence-electron chi connectivity index (χ0n) is 5.75. The highest BCUT2D eigenvalue weighted by Gasteiger charge is 2.28. The number of halogens is 3. The molecule has 1 rings (SSSR count). The summed E-state index contributed by atoms with van der Waals surface area (Å²) in [6.45, 7) is -1.24. The number of aldehydes is 1. The number of alkyl halides is 3. The maximum absolute atomic E-state index is 11.7. The summed E-state index contributed by atoms with van der Waals surface area (Å²) in [7, 11) is 0. The molecule has 4 nitrogen and oxygen atoms in total.